The van der Waals surface area contributed by atoms with Crippen molar-refractivity contribution in [1.82, 2.24) is 19.4 Å². The third-order valence-corrected chi connectivity index (χ3v) is 5.36. The molecule has 0 atom stereocenters. The van der Waals surface area contributed by atoms with Gasteiger partial charge in [-0.3, -0.25) is 14.3 Å². The number of nitrogens with zero attached hydrogens (tertiary/aromatic N) is 4. The lowest BCUT2D eigenvalue weighted by atomic mass is 9.92. The molecule has 0 aliphatic carbocycles. The largest absolute Gasteiger partial charge is 0.342 e. The van der Waals surface area contributed by atoms with Crippen LogP contribution in [0, 0.1) is 11.8 Å². The van der Waals surface area contributed by atoms with E-state index < -0.39 is 6.55 Å². The van der Waals surface area contributed by atoms with E-state index in [1.54, 1.807) is 0 Å². The molecular formula is C17H26F2N4O. The molecule has 2 aliphatic rings. The monoisotopic (exact) mass is 340 g/mol. The van der Waals surface area contributed by atoms with Crippen LogP contribution in [0.5, 0.6) is 0 Å². The van der Waals surface area contributed by atoms with E-state index in [0.29, 0.717) is 12.4 Å². The third-order valence-electron chi connectivity index (χ3n) is 5.36. The van der Waals surface area contributed by atoms with Crippen LogP contribution in [0.2, 0.25) is 0 Å². The lowest BCUT2D eigenvalue weighted by Crippen LogP contribution is -2.45. The zero-order valence-corrected chi connectivity index (χ0v) is 14.2. The summed E-state index contributed by atoms with van der Waals surface area (Å²) in [5.74, 6) is 1.48. The Hall–Kier alpha value is -1.50. The number of piperidine rings is 2. The average molecular weight is 340 g/mol. The van der Waals surface area contributed by atoms with Crippen LogP contribution in [0.3, 0.4) is 0 Å². The van der Waals surface area contributed by atoms with Gasteiger partial charge >= 0.3 is 6.55 Å². The van der Waals surface area contributed by atoms with Gasteiger partial charge in [0.2, 0.25) is 5.91 Å². The highest BCUT2D eigenvalue weighted by Crippen LogP contribution is 2.24. The first-order valence-corrected chi connectivity index (χ1v) is 8.85. The molecule has 134 valence electrons. The Morgan fingerprint density at radius 2 is 1.88 bits per heavy atom. The number of alkyl halides is 2. The van der Waals surface area contributed by atoms with E-state index in [4.69, 9.17) is 0 Å². The number of amides is 1. The van der Waals surface area contributed by atoms with E-state index in [-0.39, 0.29) is 11.8 Å². The van der Waals surface area contributed by atoms with Gasteiger partial charge < -0.3 is 4.90 Å². The summed E-state index contributed by atoms with van der Waals surface area (Å²) >= 11 is 0. The summed E-state index contributed by atoms with van der Waals surface area (Å²) in [5.41, 5.74) is 0. The molecule has 2 saturated heterocycles. The Bertz CT molecular complexity index is 547. The minimum absolute atomic E-state index is 0.0875. The zero-order chi connectivity index (χ0) is 17.1. The van der Waals surface area contributed by atoms with Crippen molar-refractivity contribution in [1.29, 1.82) is 0 Å². The maximum Gasteiger partial charge on any atom is 0.319 e. The molecule has 3 heterocycles. The van der Waals surface area contributed by atoms with E-state index in [1.807, 2.05) is 4.90 Å². The predicted molar refractivity (Wildman–Crippen MR) is 86.5 cm³/mol. The lowest BCUT2D eigenvalue weighted by molar-refractivity contribution is -0.138. The number of carbonyl (C=O) groups is 1. The topological polar surface area (TPSA) is 41.4 Å². The van der Waals surface area contributed by atoms with Gasteiger partial charge in [0, 0.05) is 31.4 Å². The van der Waals surface area contributed by atoms with Gasteiger partial charge in [-0.2, -0.15) is 8.78 Å². The highest BCUT2D eigenvalue weighted by atomic mass is 19.3. The number of imidazole rings is 1. The van der Waals surface area contributed by atoms with Gasteiger partial charge in [0.25, 0.3) is 0 Å². The lowest BCUT2D eigenvalue weighted by Gasteiger charge is -2.36. The van der Waals surface area contributed by atoms with E-state index in [0.717, 1.165) is 62.3 Å². The van der Waals surface area contributed by atoms with E-state index in [2.05, 4.69) is 16.8 Å². The summed E-state index contributed by atoms with van der Waals surface area (Å²) in [4.78, 5) is 20.8. The first-order valence-electron chi connectivity index (χ1n) is 8.85. The molecule has 0 unspecified atom stereocenters. The average Bonchev–Trinajstić information content (AvgIpc) is 3.04. The normalized spacial score (nSPS) is 21.6. The third kappa shape index (κ3) is 3.94. The fourth-order valence-corrected chi connectivity index (χ4v) is 3.67. The van der Waals surface area contributed by atoms with Gasteiger partial charge in [-0.05, 0) is 44.7 Å². The summed E-state index contributed by atoms with van der Waals surface area (Å²) in [6.07, 6.45) is 6.53. The number of hydrogen-bond donors (Lipinski definition) is 0. The summed E-state index contributed by atoms with van der Waals surface area (Å²) in [5, 5.41) is 0. The van der Waals surface area contributed by atoms with Crippen molar-refractivity contribution in [2.24, 2.45) is 11.8 Å². The van der Waals surface area contributed by atoms with Crippen LogP contribution < -0.4 is 0 Å². The van der Waals surface area contributed by atoms with Crippen LogP contribution in [0.1, 0.15) is 45.0 Å². The van der Waals surface area contributed by atoms with Crippen molar-refractivity contribution in [3.63, 3.8) is 0 Å². The molecule has 1 aromatic rings. The van der Waals surface area contributed by atoms with Gasteiger partial charge in [0.05, 0.1) is 6.54 Å². The number of rotatable bonds is 4. The quantitative estimate of drug-likeness (QED) is 0.846. The molecule has 3 rings (SSSR count). The molecule has 2 fully saturated rings. The minimum atomic E-state index is -2.55. The fraction of sp³-hybridized carbons (Fsp3) is 0.765. The number of hydrogen-bond acceptors (Lipinski definition) is 3. The molecule has 0 radical (unpaired) electrons. The zero-order valence-electron chi connectivity index (χ0n) is 14.2. The predicted octanol–water partition coefficient (Wildman–Crippen LogP) is 2.75. The van der Waals surface area contributed by atoms with Crippen LogP contribution in [0.4, 0.5) is 8.78 Å². The molecule has 7 heteroatoms. The van der Waals surface area contributed by atoms with Crippen molar-refractivity contribution >= 4 is 5.91 Å². The second-order valence-electron chi connectivity index (χ2n) is 7.09. The van der Waals surface area contributed by atoms with Crippen molar-refractivity contribution in [2.75, 3.05) is 26.2 Å². The second-order valence-corrected chi connectivity index (χ2v) is 7.09. The Kier molecular flexibility index (Phi) is 5.48. The van der Waals surface area contributed by atoms with Crippen LogP contribution in [0.15, 0.2) is 12.4 Å². The Morgan fingerprint density at radius 1 is 1.21 bits per heavy atom. The van der Waals surface area contributed by atoms with E-state index in [1.165, 1.54) is 12.4 Å². The molecule has 1 amide bonds. The number of likely N-dealkylation sites (tertiary alicyclic amines) is 2. The molecule has 5 nitrogen and oxygen atoms in total. The van der Waals surface area contributed by atoms with Gasteiger partial charge in [0.1, 0.15) is 5.82 Å². The Balaban J connectivity index is 1.49. The molecule has 0 bridgehead atoms. The van der Waals surface area contributed by atoms with E-state index in [9.17, 15) is 13.6 Å². The van der Waals surface area contributed by atoms with Crippen molar-refractivity contribution < 1.29 is 13.6 Å². The van der Waals surface area contributed by atoms with Crippen LogP contribution >= 0.6 is 0 Å². The SMILES string of the molecule is CC1CCN(C(=O)C2CCN(Cc3nccn3C(F)F)CC2)CC1. The van der Waals surface area contributed by atoms with Crippen molar-refractivity contribution in [3.05, 3.63) is 18.2 Å². The molecule has 1 aromatic heterocycles. The maximum absolute atomic E-state index is 12.9. The Labute approximate surface area is 141 Å². The van der Waals surface area contributed by atoms with Gasteiger partial charge in [-0.25, -0.2) is 4.98 Å². The minimum Gasteiger partial charge on any atom is -0.342 e. The second kappa shape index (κ2) is 7.59. The first-order chi connectivity index (χ1) is 11.5. The first kappa shape index (κ1) is 17.3. The molecule has 2 aliphatic heterocycles. The summed E-state index contributed by atoms with van der Waals surface area (Å²) in [7, 11) is 0. The highest BCUT2D eigenvalue weighted by Gasteiger charge is 2.30. The van der Waals surface area contributed by atoms with Crippen molar-refractivity contribution in [2.45, 2.75) is 45.7 Å². The number of halogens is 2. The molecule has 0 spiro atoms. The van der Waals surface area contributed by atoms with Crippen LogP contribution in [0.25, 0.3) is 0 Å². The van der Waals surface area contributed by atoms with Crippen LogP contribution in [-0.4, -0.2) is 51.4 Å². The van der Waals surface area contributed by atoms with Gasteiger partial charge in [-0.15, -0.1) is 0 Å². The summed E-state index contributed by atoms with van der Waals surface area (Å²) in [6, 6.07) is 0. The molecule has 24 heavy (non-hydrogen) atoms. The molecule has 0 aromatic carbocycles. The smallest absolute Gasteiger partial charge is 0.319 e. The number of carbonyl (C=O) groups excluding carboxylic acids is 1. The summed E-state index contributed by atoms with van der Waals surface area (Å²) in [6.45, 7) is 3.39. The molecule has 0 N–H and O–H groups in total. The standard InChI is InChI=1S/C17H26F2N4O/c1-13-2-9-22(10-3-13)16(24)14-4-7-21(8-5-14)12-15-20-6-11-23(15)17(18)19/h6,11,13-14,17H,2-5,7-10,12H2,1H3. The van der Waals surface area contributed by atoms with Gasteiger partial charge in [-0.1, -0.05) is 6.92 Å². The Morgan fingerprint density at radius 3 is 2.50 bits per heavy atom. The van der Waals surface area contributed by atoms with E-state index >= 15 is 0 Å². The summed E-state index contributed by atoms with van der Waals surface area (Å²) < 4.78 is 26.7. The molecule has 0 saturated carbocycles. The number of aromatic nitrogens is 2. The van der Waals surface area contributed by atoms with Gasteiger partial charge in [0.15, 0.2) is 0 Å². The fourth-order valence-electron chi connectivity index (χ4n) is 3.67. The highest BCUT2D eigenvalue weighted by molar-refractivity contribution is 5.79. The maximum atomic E-state index is 12.9. The van der Waals surface area contributed by atoms with Crippen molar-refractivity contribution in [3.8, 4) is 0 Å². The molecular weight excluding hydrogens is 314 g/mol. The van der Waals surface area contributed by atoms with Crippen LogP contribution in [-0.2, 0) is 11.3 Å².